The van der Waals surface area contributed by atoms with Crippen LogP contribution in [-0.4, -0.2) is 76.4 Å². The minimum absolute atomic E-state index is 0.0719. The molecule has 2 fully saturated rings. The van der Waals surface area contributed by atoms with Gasteiger partial charge in [-0.25, -0.2) is 4.98 Å². The molecule has 0 saturated carbocycles. The van der Waals surface area contributed by atoms with E-state index >= 15 is 0 Å². The van der Waals surface area contributed by atoms with E-state index in [2.05, 4.69) is 24.9 Å². The Hall–Kier alpha value is -2.68. The van der Waals surface area contributed by atoms with Crippen LogP contribution in [0.2, 0.25) is 0 Å². The van der Waals surface area contributed by atoms with Crippen molar-refractivity contribution in [2.24, 2.45) is 7.05 Å². The Kier molecular flexibility index (Phi) is 5.17. The van der Waals surface area contributed by atoms with Crippen LogP contribution in [0.3, 0.4) is 0 Å². The largest absolute Gasteiger partial charge is 0.481 e. The maximum atomic E-state index is 13.2. The first-order chi connectivity index (χ1) is 13.6. The quantitative estimate of drug-likeness (QED) is 0.772. The summed E-state index contributed by atoms with van der Waals surface area (Å²) in [6.07, 6.45) is 3.62. The number of nitrogens with zero attached hydrogens (tertiary/aromatic N) is 7. The Bertz CT molecular complexity index is 845. The van der Waals surface area contributed by atoms with Gasteiger partial charge in [0, 0.05) is 58.1 Å². The maximum Gasteiger partial charge on any atom is 0.245 e. The summed E-state index contributed by atoms with van der Waals surface area (Å²) in [6.45, 7) is 5.93. The standard InChI is InChI=1S/C19H27N7O2/c1-14-13-17(23(2)22-14)26-8-4-5-15(18(26)27)24-9-11-25(12-10-24)19-20-7-6-16(21-19)28-3/h6-7,13,15H,4-5,8-12H2,1-3H3/t15-/m1/s1. The van der Waals surface area contributed by atoms with Crippen molar-refractivity contribution in [1.82, 2.24) is 24.6 Å². The van der Waals surface area contributed by atoms with Gasteiger partial charge in [-0.1, -0.05) is 0 Å². The molecule has 2 aliphatic heterocycles. The minimum atomic E-state index is -0.0719. The van der Waals surface area contributed by atoms with Gasteiger partial charge in [-0.3, -0.25) is 19.3 Å². The summed E-state index contributed by atoms with van der Waals surface area (Å²) in [6, 6.07) is 3.66. The molecule has 0 radical (unpaired) electrons. The van der Waals surface area contributed by atoms with E-state index in [1.54, 1.807) is 24.1 Å². The second-order valence-corrected chi connectivity index (χ2v) is 7.34. The number of hydrogen-bond donors (Lipinski definition) is 0. The van der Waals surface area contributed by atoms with E-state index in [1.807, 2.05) is 24.9 Å². The van der Waals surface area contributed by atoms with Crippen molar-refractivity contribution in [3.8, 4) is 5.88 Å². The molecule has 0 spiro atoms. The van der Waals surface area contributed by atoms with Crippen LogP contribution in [0.1, 0.15) is 18.5 Å². The Morgan fingerprint density at radius 2 is 1.96 bits per heavy atom. The van der Waals surface area contributed by atoms with Crippen LogP contribution < -0.4 is 14.5 Å². The number of carbonyl (C=O) groups is 1. The number of carbonyl (C=O) groups excluding carboxylic acids is 1. The van der Waals surface area contributed by atoms with E-state index in [0.717, 1.165) is 57.1 Å². The molecule has 150 valence electrons. The fourth-order valence-corrected chi connectivity index (χ4v) is 4.10. The van der Waals surface area contributed by atoms with Crippen LogP contribution in [0.4, 0.5) is 11.8 Å². The van der Waals surface area contributed by atoms with Crippen LogP contribution in [0.5, 0.6) is 5.88 Å². The van der Waals surface area contributed by atoms with Gasteiger partial charge in [0.15, 0.2) is 0 Å². The predicted molar refractivity (Wildman–Crippen MR) is 106 cm³/mol. The van der Waals surface area contributed by atoms with Crippen molar-refractivity contribution in [3.05, 3.63) is 24.0 Å². The lowest BCUT2D eigenvalue weighted by atomic mass is 10.0. The van der Waals surface area contributed by atoms with E-state index in [9.17, 15) is 4.79 Å². The SMILES string of the molecule is COc1ccnc(N2CCN([C@@H]3CCCN(c4cc(C)nn4C)C3=O)CC2)n1. The molecule has 4 rings (SSSR count). The molecule has 9 nitrogen and oxygen atoms in total. The van der Waals surface area contributed by atoms with Gasteiger partial charge in [0.2, 0.25) is 17.7 Å². The molecule has 2 aromatic heterocycles. The molecule has 0 aromatic carbocycles. The lowest BCUT2D eigenvalue weighted by molar-refractivity contribution is -0.125. The highest BCUT2D eigenvalue weighted by atomic mass is 16.5. The van der Waals surface area contributed by atoms with Crippen molar-refractivity contribution in [2.75, 3.05) is 49.6 Å². The first kappa shape index (κ1) is 18.7. The van der Waals surface area contributed by atoms with Gasteiger partial charge in [0.25, 0.3) is 0 Å². The predicted octanol–water partition coefficient (Wildman–Crippen LogP) is 0.845. The van der Waals surface area contributed by atoms with E-state index in [4.69, 9.17) is 4.74 Å². The number of methoxy groups -OCH3 is 1. The average molecular weight is 385 g/mol. The van der Waals surface area contributed by atoms with Gasteiger partial charge in [-0.15, -0.1) is 0 Å². The third-order valence-electron chi connectivity index (χ3n) is 5.53. The number of ether oxygens (including phenoxy) is 1. The third-order valence-corrected chi connectivity index (χ3v) is 5.53. The Balaban J connectivity index is 1.42. The zero-order valence-corrected chi connectivity index (χ0v) is 16.7. The fraction of sp³-hybridized carbons (Fsp3) is 0.579. The van der Waals surface area contributed by atoms with Crippen molar-refractivity contribution in [1.29, 1.82) is 0 Å². The van der Waals surface area contributed by atoms with Crippen LogP contribution in [-0.2, 0) is 11.8 Å². The lowest BCUT2D eigenvalue weighted by Gasteiger charge is -2.42. The normalized spacial score (nSPS) is 21.2. The average Bonchev–Trinajstić information content (AvgIpc) is 3.06. The summed E-state index contributed by atoms with van der Waals surface area (Å²) in [4.78, 5) is 28.3. The maximum absolute atomic E-state index is 13.2. The number of piperazine rings is 1. The molecule has 2 aromatic rings. The van der Waals surface area contributed by atoms with Gasteiger partial charge in [0.1, 0.15) is 5.82 Å². The van der Waals surface area contributed by atoms with E-state index in [1.165, 1.54) is 0 Å². The molecule has 2 saturated heterocycles. The number of rotatable bonds is 4. The Labute approximate surface area is 164 Å². The first-order valence-corrected chi connectivity index (χ1v) is 9.75. The van der Waals surface area contributed by atoms with Gasteiger partial charge >= 0.3 is 0 Å². The summed E-state index contributed by atoms with van der Waals surface area (Å²) < 4.78 is 7.00. The summed E-state index contributed by atoms with van der Waals surface area (Å²) in [5, 5.41) is 4.39. The zero-order chi connectivity index (χ0) is 19.7. The van der Waals surface area contributed by atoms with Crippen molar-refractivity contribution >= 4 is 17.7 Å². The Morgan fingerprint density at radius 3 is 2.64 bits per heavy atom. The summed E-state index contributed by atoms with van der Waals surface area (Å²) >= 11 is 0. The third kappa shape index (κ3) is 3.54. The van der Waals surface area contributed by atoms with Crippen LogP contribution in [0, 0.1) is 6.92 Å². The molecule has 4 heterocycles. The van der Waals surface area contributed by atoms with Crippen LogP contribution in [0.25, 0.3) is 0 Å². The summed E-state index contributed by atoms with van der Waals surface area (Å²) in [7, 11) is 3.50. The molecule has 0 aliphatic carbocycles. The van der Waals surface area contributed by atoms with Crippen molar-refractivity contribution < 1.29 is 9.53 Å². The number of aromatic nitrogens is 4. The molecule has 0 bridgehead atoms. The fourth-order valence-electron chi connectivity index (χ4n) is 4.10. The van der Waals surface area contributed by atoms with Crippen molar-refractivity contribution in [3.63, 3.8) is 0 Å². The zero-order valence-electron chi connectivity index (χ0n) is 16.7. The van der Waals surface area contributed by atoms with Gasteiger partial charge < -0.3 is 9.64 Å². The van der Waals surface area contributed by atoms with Gasteiger partial charge in [0.05, 0.1) is 18.8 Å². The number of piperidine rings is 1. The van der Waals surface area contributed by atoms with Gasteiger partial charge in [-0.2, -0.15) is 10.1 Å². The highest BCUT2D eigenvalue weighted by Gasteiger charge is 2.36. The Morgan fingerprint density at radius 1 is 1.18 bits per heavy atom. The molecule has 2 aliphatic rings. The molecule has 1 atom stereocenters. The molecule has 28 heavy (non-hydrogen) atoms. The molecule has 0 unspecified atom stereocenters. The molecular formula is C19H27N7O2. The molecule has 9 heteroatoms. The number of hydrogen-bond acceptors (Lipinski definition) is 7. The second-order valence-electron chi connectivity index (χ2n) is 7.34. The molecule has 0 N–H and O–H groups in total. The highest BCUT2D eigenvalue weighted by Crippen LogP contribution is 2.25. The van der Waals surface area contributed by atoms with Gasteiger partial charge in [-0.05, 0) is 19.8 Å². The van der Waals surface area contributed by atoms with Crippen molar-refractivity contribution in [2.45, 2.75) is 25.8 Å². The smallest absolute Gasteiger partial charge is 0.245 e. The summed E-state index contributed by atoms with van der Waals surface area (Å²) in [5.74, 6) is 2.31. The van der Waals surface area contributed by atoms with Crippen LogP contribution in [0.15, 0.2) is 18.3 Å². The monoisotopic (exact) mass is 385 g/mol. The van der Waals surface area contributed by atoms with E-state index < -0.39 is 0 Å². The first-order valence-electron chi connectivity index (χ1n) is 9.75. The van der Waals surface area contributed by atoms with Crippen LogP contribution >= 0.6 is 0 Å². The number of amides is 1. The van der Waals surface area contributed by atoms with E-state index in [-0.39, 0.29) is 11.9 Å². The highest BCUT2D eigenvalue weighted by molar-refractivity contribution is 5.97. The lowest BCUT2D eigenvalue weighted by Crippen LogP contribution is -2.58. The minimum Gasteiger partial charge on any atom is -0.481 e. The second kappa shape index (κ2) is 7.75. The topological polar surface area (TPSA) is 79.6 Å². The number of anilines is 2. The molecule has 1 amide bonds. The molecular weight excluding hydrogens is 358 g/mol. The number of aryl methyl sites for hydroxylation is 2. The summed E-state index contributed by atoms with van der Waals surface area (Å²) in [5.41, 5.74) is 0.930. The van der Waals surface area contributed by atoms with E-state index in [0.29, 0.717) is 11.8 Å².